The molecule has 0 radical (unpaired) electrons. The van der Waals surface area contributed by atoms with Gasteiger partial charge < -0.3 is 0 Å². The summed E-state index contributed by atoms with van der Waals surface area (Å²) in [5, 5.41) is 0. The van der Waals surface area contributed by atoms with Crippen molar-refractivity contribution < 1.29 is 9.78 Å². The molecule has 0 aromatic rings. The molecule has 0 saturated carbocycles. The van der Waals surface area contributed by atoms with Crippen LogP contribution >= 0.6 is 0 Å². The summed E-state index contributed by atoms with van der Waals surface area (Å²) in [7, 11) is 1.57. The summed E-state index contributed by atoms with van der Waals surface area (Å²) in [6.07, 6.45) is 3.74. The van der Waals surface area contributed by atoms with Gasteiger partial charge in [0.25, 0.3) is 0 Å². The van der Waals surface area contributed by atoms with Crippen LogP contribution in [0.3, 0.4) is 0 Å². The van der Waals surface area contributed by atoms with Crippen LogP contribution in [0, 0.1) is 11.8 Å². The summed E-state index contributed by atoms with van der Waals surface area (Å²) in [5.74, 6) is 1.45. The maximum absolute atomic E-state index is 5.04. The van der Waals surface area contributed by atoms with Crippen molar-refractivity contribution in [2.75, 3.05) is 13.7 Å². The molecule has 0 fully saturated rings. The molecular formula is C12H22O2. The summed E-state index contributed by atoms with van der Waals surface area (Å²) in [6.45, 7) is 7.48. The number of hydrogen-bond donors (Lipinski definition) is 0. The molecule has 14 heavy (non-hydrogen) atoms. The Hall–Kier alpha value is -0.340. The van der Waals surface area contributed by atoms with Gasteiger partial charge in [-0.25, -0.2) is 9.78 Å². The summed E-state index contributed by atoms with van der Waals surface area (Å²) in [5.41, 5.74) is 3.04. The van der Waals surface area contributed by atoms with E-state index in [9.17, 15) is 0 Å². The second-order valence-electron chi connectivity index (χ2n) is 4.56. The van der Waals surface area contributed by atoms with Crippen LogP contribution in [-0.4, -0.2) is 13.7 Å². The molecule has 0 bridgehead atoms. The Morgan fingerprint density at radius 2 is 2.14 bits per heavy atom. The monoisotopic (exact) mass is 198 g/mol. The van der Waals surface area contributed by atoms with Crippen molar-refractivity contribution >= 4 is 0 Å². The first-order chi connectivity index (χ1) is 6.65. The zero-order chi connectivity index (χ0) is 10.6. The molecule has 0 saturated heterocycles. The van der Waals surface area contributed by atoms with Crippen molar-refractivity contribution in [3.05, 3.63) is 11.1 Å². The Balaban J connectivity index is 2.67. The number of allylic oxidation sites excluding steroid dienone is 1. The van der Waals surface area contributed by atoms with Crippen LogP contribution < -0.4 is 0 Å². The minimum Gasteiger partial charge on any atom is -0.240 e. The maximum Gasteiger partial charge on any atom is 0.104 e. The third-order valence-corrected chi connectivity index (χ3v) is 3.00. The van der Waals surface area contributed by atoms with Gasteiger partial charge >= 0.3 is 0 Å². The largest absolute Gasteiger partial charge is 0.240 e. The van der Waals surface area contributed by atoms with Gasteiger partial charge in [-0.1, -0.05) is 26.3 Å². The van der Waals surface area contributed by atoms with Gasteiger partial charge in [-0.2, -0.15) is 0 Å². The molecule has 0 heterocycles. The number of hydrogen-bond acceptors (Lipinski definition) is 2. The summed E-state index contributed by atoms with van der Waals surface area (Å²) >= 11 is 0. The van der Waals surface area contributed by atoms with Crippen LogP contribution in [0.15, 0.2) is 11.1 Å². The molecule has 2 nitrogen and oxygen atoms in total. The standard InChI is InChI=1S/C12H22O2/c1-9(2)12-6-5-10(3)7-11(12)8-14-13-4/h9-10H,5-8H2,1-4H3/t10-/m1/s1. The Bertz CT molecular complexity index is 206. The van der Waals surface area contributed by atoms with E-state index in [0.717, 1.165) is 5.92 Å². The van der Waals surface area contributed by atoms with Crippen molar-refractivity contribution in [1.29, 1.82) is 0 Å². The molecule has 0 aromatic carbocycles. The van der Waals surface area contributed by atoms with Crippen LogP contribution in [0.4, 0.5) is 0 Å². The lowest BCUT2D eigenvalue weighted by molar-refractivity contribution is -0.265. The molecule has 2 heteroatoms. The Morgan fingerprint density at radius 1 is 1.43 bits per heavy atom. The van der Waals surface area contributed by atoms with Crippen LogP contribution in [-0.2, 0) is 9.78 Å². The zero-order valence-electron chi connectivity index (χ0n) is 9.80. The van der Waals surface area contributed by atoms with Crippen molar-refractivity contribution in [2.45, 2.75) is 40.0 Å². The van der Waals surface area contributed by atoms with Crippen LogP contribution in [0.5, 0.6) is 0 Å². The average Bonchev–Trinajstić information content (AvgIpc) is 2.14. The van der Waals surface area contributed by atoms with E-state index in [2.05, 4.69) is 25.7 Å². The fraction of sp³-hybridized carbons (Fsp3) is 0.833. The fourth-order valence-electron chi connectivity index (χ4n) is 2.21. The highest BCUT2D eigenvalue weighted by Crippen LogP contribution is 2.33. The van der Waals surface area contributed by atoms with E-state index in [4.69, 9.17) is 4.89 Å². The van der Waals surface area contributed by atoms with E-state index >= 15 is 0 Å². The lowest BCUT2D eigenvalue weighted by atomic mass is 9.81. The van der Waals surface area contributed by atoms with Crippen molar-refractivity contribution in [3.8, 4) is 0 Å². The van der Waals surface area contributed by atoms with E-state index in [0.29, 0.717) is 12.5 Å². The SMILES string of the molecule is COOCC1=C(C(C)C)CC[C@@H](C)C1. The van der Waals surface area contributed by atoms with Gasteiger partial charge in [-0.05, 0) is 36.7 Å². The van der Waals surface area contributed by atoms with E-state index in [1.54, 1.807) is 12.7 Å². The summed E-state index contributed by atoms with van der Waals surface area (Å²) < 4.78 is 0. The molecular weight excluding hydrogens is 176 g/mol. The van der Waals surface area contributed by atoms with Gasteiger partial charge in [0.1, 0.15) is 6.61 Å². The van der Waals surface area contributed by atoms with Gasteiger partial charge in [0.05, 0.1) is 7.11 Å². The molecule has 0 amide bonds. The topological polar surface area (TPSA) is 18.5 Å². The lowest BCUT2D eigenvalue weighted by Gasteiger charge is -2.26. The Morgan fingerprint density at radius 3 is 2.71 bits per heavy atom. The van der Waals surface area contributed by atoms with Crippen molar-refractivity contribution in [1.82, 2.24) is 0 Å². The smallest absolute Gasteiger partial charge is 0.104 e. The zero-order valence-corrected chi connectivity index (χ0v) is 9.80. The predicted molar refractivity (Wildman–Crippen MR) is 57.8 cm³/mol. The molecule has 0 N–H and O–H groups in total. The molecule has 1 aliphatic rings. The average molecular weight is 198 g/mol. The van der Waals surface area contributed by atoms with Gasteiger partial charge in [0.2, 0.25) is 0 Å². The van der Waals surface area contributed by atoms with Crippen molar-refractivity contribution in [3.63, 3.8) is 0 Å². The minimum atomic E-state index is 0.647. The highest BCUT2D eigenvalue weighted by atomic mass is 17.2. The van der Waals surface area contributed by atoms with E-state index in [1.165, 1.54) is 24.8 Å². The number of rotatable bonds is 4. The molecule has 0 aromatic heterocycles. The molecule has 82 valence electrons. The maximum atomic E-state index is 5.04. The van der Waals surface area contributed by atoms with Gasteiger partial charge in [0.15, 0.2) is 0 Å². The first-order valence-corrected chi connectivity index (χ1v) is 5.51. The van der Waals surface area contributed by atoms with E-state index < -0.39 is 0 Å². The van der Waals surface area contributed by atoms with E-state index in [1.807, 2.05) is 0 Å². The van der Waals surface area contributed by atoms with Crippen molar-refractivity contribution in [2.24, 2.45) is 11.8 Å². The predicted octanol–water partition coefficient (Wildman–Crippen LogP) is 3.34. The summed E-state index contributed by atoms with van der Waals surface area (Å²) in [6, 6.07) is 0. The molecule has 1 aliphatic carbocycles. The Kier molecular flexibility index (Phi) is 4.63. The second kappa shape index (κ2) is 5.52. The highest BCUT2D eigenvalue weighted by Gasteiger charge is 2.19. The van der Waals surface area contributed by atoms with E-state index in [-0.39, 0.29) is 0 Å². The fourth-order valence-corrected chi connectivity index (χ4v) is 2.21. The highest BCUT2D eigenvalue weighted by molar-refractivity contribution is 5.20. The first kappa shape index (κ1) is 11.7. The molecule has 0 aliphatic heterocycles. The molecule has 0 spiro atoms. The third-order valence-electron chi connectivity index (χ3n) is 3.00. The first-order valence-electron chi connectivity index (χ1n) is 5.51. The molecule has 1 rings (SSSR count). The molecule has 1 atom stereocenters. The van der Waals surface area contributed by atoms with Gasteiger partial charge in [-0.3, -0.25) is 0 Å². The third kappa shape index (κ3) is 3.10. The normalized spacial score (nSPS) is 23.4. The quantitative estimate of drug-likeness (QED) is 0.392. The van der Waals surface area contributed by atoms with Crippen LogP contribution in [0.1, 0.15) is 40.0 Å². The molecule has 0 unspecified atom stereocenters. The van der Waals surface area contributed by atoms with Crippen LogP contribution in [0.2, 0.25) is 0 Å². The Labute approximate surface area is 87.2 Å². The van der Waals surface area contributed by atoms with Gasteiger partial charge in [0, 0.05) is 0 Å². The second-order valence-corrected chi connectivity index (χ2v) is 4.56. The van der Waals surface area contributed by atoms with Crippen LogP contribution in [0.25, 0.3) is 0 Å². The lowest BCUT2D eigenvalue weighted by Crippen LogP contribution is -2.14. The minimum absolute atomic E-state index is 0.647. The summed E-state index contributed by atoms with van der Waals surface area (Å²) in [4.78, 5) is 9.72. The van der Waals surface area contributed by atoms with Gasteiger partial charge in [-0.15, -0.1) is 0 Å².